The first-order valence-corrected chi connectivity index (χ1v) is 6.34. The molecule has 0 heterocycles. The molecule has 0 spiro atoms. The Hall–Kier alpha value is -0.950. The minimum absolute atomic E-state index is 0.202. The van der Waals surface area contributed by atoms with Crippen molar-refractivity contribution >= 4 is 10.4 Å². The van der Waals surface area contributed by atoms with E-state index in [1.54, 1.807) is 30.3 Å². The van der Waals surface area contributed by atoms with Crippen LogP contribution >= 0.6 is 0 Å². The average molecular weight is 261 g/mol. The molecular formula is C11H19NO4S. The van der Waals surface area contributed by atoms with Crippen LogP contribution in [-0.4, -0.2) is 45.6 Å². The summed E-state index contributed by atoms with van der Waals surface area (Å²) in [5.41, 5.74) is 0.650. The van der Waals surface area contributed by atoms with Crippen LogP contribution in [0.4, 0.5) is 0 Å². The zero-order valence-electron chi connectivity index (χ0n) is 10.6. The van der Waals surface area contributed by atoms with Crippen molar-refractivity contribution in [3.05, 3.63) is 35.9 Å². The Bertz CT molecular complexity index is 403. The first kappa shape index (κ1) is 16.1. The van der Waals surface area contributed by atoms with Gasteiger partial charge in [-0.3, -0.25) is 4.18 Å². The standard InChI is InChI=1S/C7H8O4S.C4H12N/c8-12(9,10)11-6-7-4-2-1-3-5-7;1-5(2,3)4/h1-5H,6H2,(H,8,9,10);1-4H3/q;+1/p-1. The fourth-order valence-corrected chi connectivity index (χ4v) is 0.995. The molecule has 1 aromatic rings. The molecule has 0 N–H and O–H groups in total. The smallest absolute Gasteiger partial charge is 0.217 e. The summed E-state index contributed by atoms with van der Waals surface area (Å²) in [7, 11) is 3.93. The second kappa shape index (κ2) is 6.70. The van der Waals surface area contributed by atoms with Gasteiger partial charge in [0.2, 0.25) is 10.4 Å². The van der Waals surface area contributed by atoms with Crippen LogP contribution in [0, 0.1) is 0 Å². The summed E-state index contributed by atoms with van der Waals surface area (Å²) >= 11 is 0. The highest BCUT2D eigenvalue weighted by molar-refractivity contribution is 7.80. The van der Waals surface area contributed by atoms with Gasteiger partial charge in [0, 0.05) is 0 Å². The van der Waals surface area contributed by atoms with E-state index in [1.807, 2.05) is 0 Å². The Kier molecular flexibility index (Phi) is 6.33. The summed E-state index contributed by atoms with van der Waals surface area (Å²) in [5.74, 6) is 0. The van der Waals surface area contributed by atoms with E-state index in [-0.39, 0.29) is 6.61 Å². The molecule has 5 nitrogen and oxygen atoms in total. The maximum absolute atomic E-state index is 10.0. The fourth-order valence-electron chi connectivity index (χ4n) is 0.714. The van der Waals surface area contributed by atoms with E-state index < -0.39 is 10.4 Å². The van der Waals surface area contributed by atoms with Gasteiger partial charge in [0.25, 0.3) is 0 Å². The fraction of sp³-hybridized carbons (Fsp3) is 0.455. The molecule has 0 radical (unpaired) electrons. The third-order valence-electron chi connectivity index (χ3n) is 1.21. The van der Waals surface area contributed by atoms with Crippen molar-refractivity contribution < 1.29 is 21.6 Å². The molecule has 0 aliphatic rings. The lowest BCUT2D eigenvalue weighted by molar-refractivity contribution is -0.849. The zero-order valence-corrected chi connectivity index (χ0v) is 11.4. The minimum Gasteiger partial charge on any atom is -0.726 e. The number of benzene rings is 1. The zero-order chi connectivity index (χ0) is 13.5. The molecule has 0 aliphatic carbocycles. The molecule has 17 heavy (non-hydrogen) atoms. The van der Waals surface area contributed by atoms with Gasteiger partial charge >= 0.3 is 0 Å². The lowest BCUT2D eigenvalue weighted by Gasteiger charge is -2.14. The van der Waals surface area contributed by atoms with E-state index in [9.17, 15) is 13.0 Å². The van der Waals surface area contributed by atoms with Crippen molar-refractivity contribution in [2.75, 3.05) is 28.2 Å². The maximum atomic E-state index is 10.0. The summed E-state index contributed by atoms with van der Waals surface area (Å²) in [6.07, 6.45) is 0. The van der Waals surface area contributed by atoms with Gasteiger partial charge in [0.15, 0.2) is 0 Å². The van der Waals surface area contributed by atoms with Crippen molar-refractivity contribution in [3.63, 3.8) is 0 Å². The molecule has 0 atom stereocenters. The molecule has 0 unspecified atom stereocenters. The molecule has 0 aliphatic heterocycles. The van der Waals surface area contributed by atoms with Crippen LogP contribution in [0.1, 0.15) is 5.56 Å². The predicted octanol–water partition coefficient (Wildman–Crippen LogP) is 0.986. The molecular weight excluding hydrogens is 242 g/mol. The lowest BCUT2D eigenvalue weighted by atomic mass is 10.2. The number of quaternary nitrogens is 1. The number of rotatable bonds is 3. The van der Waals surface area contributed by atoms with Crippen molar-refractivity contribution in [2.24, 2.45) is 0 Å². The summed E-state index contributed by atoms with van der Waals surface area (Å²) in [5, 5.41) is 0. The largest absolute Gasteiger partial charge is 0.726 e. The normalized spacial score (nSPS) is 11.6. The molecule has 0 saturated heterocycles. The van der Waals surface area contributed by atoms with E-state index in [0.717, 1.165) is 4.48 Å². The molecule has 98 valence electrons. The van der Waals surface area contributed by atoms with Crippen molar-refractivity contribution in [2.45, 2.75) is 6.61 Å². The monoisotopic (exact) mass is 261 g/mol. The number of hydrogen-bond acceptors (Lipinski definition) is 4. The van der Waals surface area contributed by atoms with Gasteiger partial charge in [-0.15, -0.1) is 0 Å². The van der Waals surface area contributed by atoms with Gasteiger partial charge in [-0.25, -0.2) is 8.42 Å². The Balaban J connectivity index is 0.000000437. The summed E-state index contributed by atoms with van der Waals surface area (Å²) in [4.78, 5) is 0. The highest BCUT2D eigenvalue weighted by Gasteiger charge is 1.95. The summed E-state index contributed by atoms with van der Waals surface area (Å²) in [6, 6.07) is 8.60. The molecule has 6 heteroatoms. The van der Waals surface area contributed by atoms with E-state index in [4.69, 9.17) is 0 Å². The Labute approximate surface area is 103 Å². The Morgan fingerprint density at radius 2 is 1.53 bits per heavy atom. The summed E-state index contributed by atoms with van der Waals surface area (Å²) < 4.78 is 35.1. The third kappa shape index (κ3) is 15.1. The Morgan fingerprint density at radius 3 is 1.88 bits per heavy atom. The molecule has 1 aromatic carbocycles. The van der Waals surface area contributed by atoms with Gasteiger partial charge in [0.05, 0.1) is 34.8 Å². The number of hydrogen-bond donors (Lipinski definition) is 0. The number of nitrogens with zero attached hydrogens (tertiary/aromatic N) is 1. The highest BCUT2D eigenvalue weighted by atomic mass is 32.3. The predicted molar refractivity (Wildman–Crippen MR) is 64.9 cm³/mol. The van der Waals surface area contributed by atoms with E-state index >= 15 is 0 Å². The van der Waals surface area contributed by atoms with E-state index in [1.165, 1.54) is 0 Å². The van der Waals surface area contributed by atoms with Gasteiger partial charge < -0.3 is 9.04 Å². The second-order valence-corrected chi connectivity index (χ2v) is 5.89. The maximum Gasteiger partial charge on any atom is 0.217 e. The van der Waals surface area contributed by atoms with Crippen LogP contribution in [0.25, 0.3) is 0 Å². The van der Waals surface area contributed by atoms with Crippen LogP contribution in [0.3, 0.4) is 0 Å². The summed E-state index contributed by atoms with van der Waals surface area (Å²) in [6.45, 7) is -0.202. The molecule has 1 rings (SSSR count). The van der Waals surface area contributed by atoms with Crippen LogP contribution in [0.15, 0.2) is 30.3 Å². The second-order valence-electron chi connectivity index (χ2n) is 4.84. The topological polar surface area (TPSA) is 66.4 Å². The quantitative estimate of drug-likeness (QED) is 0.462. The van der Waals surface area contributed by atoms with Gasteiger partial charge in [0.1, 0.15) is 0 Å². The van der Waals surface area contributed by atoms with Gasteiger partial charge in [-0.05, 0) is 5.56 Å². The molecule has 0 bridgehead atoms. The van der Waals surface area contributed by atoms with Crippen LogP contribution in [-0.2, 0) is 21.2 Å². The molecule has 0 aromatic heterocycles. The van der Waals surface area contributed by atoms with E-state index in [2.05, 4.69) is 32.4 Å². The van der Waals surface area contributed by atoms with Crippen LogP contribution in [0.2, 0.25) is 0 Å². The average Bonchev–Trinajstić information content (AvgIpc) is 2.13. The highest BCUT2D eigenvalue weighted by Crippen LogP contribution is 2.01. The van der Waals surface area contributed by atoms with Crippen molar-refractivity contribution in [1.82, 2.24) is 0 Å². The molecule has 0 fully saturated rings. The van der Waals surface area contributed by atoms with Crippen LogP contribution < -0.4 is 0 Å². The van der Waals surface area contributed by atoms with Crippen molar-refractivity contribution in [3.8, 4) is 0 Å². The van der Waals surface area contributed by atoms with Gasteiger partial charge in [-0.1, -0.05) is 30.3 Å². The third-order valence-corrected chi connectivity index (χ3v) is 1.62. The van der Waals surface area contributed by atoms with E-state index in [0.29, 0.717) is 5.56 Å². The van der Waals surface area contributed by atoms with Gasteiger partial charge in [-0.2, -0.15) is 0 Å². The van der Waals surface area contributed by atoms with Crippen molar-refractivity contribution in [1.29, 1.82) is 0 Å². The molecule has 0 amide bonds. The van der Waals surface area contributed by atoms with Crippen LogP contribution in [0.5, 0.6) is 0 Å². The SMILES string of the molecule is C[N+](C)(C)C.O=S(=O)([O-])OCc1ccccc1. The lowest BCUT2D eigenvalue weighted by Crippen LogP contribution is -2.27. The molecule has 0 saturated carbocycles. The first-order chi connectivity index (χ1) is 7.58. The minimum atomic E-state index is -4.57. The Morgan fingerprint density at radius 1 is 1.12 bits per heavy atom. The first-order valence-electron chi connectivity index (χ1n) is 5.01.